The average Bonchev–Trinajstić information content (AvgIpc) is 2.82. The van der Waals surface area contributed by atoms with Crippen LogP contribution in [0.5, 0.6) is 0 Å². The zero-order valence-corrected chi connectivity index (χ0v) is 10.0. The molecule has 92 valence electrons. The lowest BCUT2D eigenvalue weighted by Gasteiger charge is -2.03. The van der Waals surface area contributed by atoms with Gasteiger partial charge in [-0.3, -0.25) is 4.79 Å². The highest BCUT2D eigenvalue weighted by Gasteiger charge is 2.14. The van der Waals surface area contributed by atoms with Crippen molar-refractivity contribution in [3.05, 3.63) is 41.8 Å². The van der Waals surface area contributed by atoms with E-state index in [2.05, 4.69) is 4.98 Å². The zero-order valence-electron chi connectivity index (χ0n) is 10.0. The van der Waals surface area contributed by atoms with Gasteiger partial charge in [-0.2, -0.15) is 0 Å². The first kappa shape index (κ1) is 12.1. The zero-order chi connectivity index (χ0) is 13.0. The topological polar surface area (TPSA) is 59.2 Å². The highest BCUT2D eigenvalue weighted by molar-refractivity contribution is 6.08. The summed E-state index contributed by atoms with van der Waals surface area (Å²) in [5.41, 5.74) is 1.46. The number of aromatic amines is 1. The van der Waals surface area contributed by atoms with Crippen LogP contribution in [-0.2, 0) is 9.53 Å². The van der Waals surface area contributed by atoms with E-state index in [1.54, 1.807) is 19.1 Å². The molecule has 1 aromatic heterocycles. The van der Waals surface area contributed by atoms with Gasteiger partial charge in [0.15, 0.2) is 17.5 Å². The van der Waals surface area contributed by atoms with Gasteiger partial charge in [0.25, 0.3) is 0 Å². The molecule has 1 N–H and O–H groups in total. The van der Waals surface area contributed by atoms with E-state index in [-0.39, 0.29) is 18.0 Å². The van der Waals surface area contributed by atoms with Crippen molar-refractivity contribution in [2.24, 2.45) is 0 Å². The molecule has 4 heteroatoms. The molecule has 2 aromatic rings. The molecule has 1 heterocycles. The quantitative estimate of drug-likeness (QED) is 0.498. The van der Waals surface area contributed by atoms with Crippen LogP contribution in [0.1, 0.15) is 23.7 Å². The number of hydrogen-bond acceptors (Lipinski definition) is 3. The van der Waals surface area contributed by atoms with Gasteiger partial charge in [0.05, 0.1) is 13.0 Å². The van der Waals surface area contributed by atoms with Crippen molar-refractivity contribution < 1.29 is 14.3 Å². The third-order valence-corrected chi connectivity index (χ3v) is 2.64. The second-order valence-corrected chi connectivity index (χ2v) is 3.81. The van der Waals surface area contributed by atoms with Gasteiger partial charge in [-0.25, -0.2) is 4.79 Å². The van der Waals surface area contributed by atoms with Gasteiger partial charge >= 0.3 is 0 Å². The summed E-state index contributed by atoms with van der Waals surface area (Å²) in [5.74, 6) is 1.55. The second-order valence-electron chi connectivity index (χ2n) is 3.81. The average molecular weight is 243 g/mol. The lowest BCUT2D eigenvalue weighted by Crippen LogP contribution is -2.03. The number of H-pyrrole nitrogens is 1. The summed E-state index contributed by atoms with van der Waals surface area (Å²) in [5, 5.41) is 0.851. The monoisotopic (exact) mass is 243 g/mol. The summed E-state index contributed by atoms with van der Waals surface area (Å²) in [6.07, 6.45) is 1.60. The van der Waals surface area contributed by atoms with Crippen molar-refractivity contribution in [3.63, 3.8) is 0 Å². The molecule has 0 saturated carbocycles. The molecule has 18 heavy (non-hydrogen) atoms. The smallest absolute Gasteiger partial charge is 0.187 e. The highest BCUT2D eigenvalue weighted by atomic mass is 16.5. The normalized spacial score (nSPS) is 10.1. The molecule has 0 aliphatic rings. The van der Waals surface area contributed by atoms with Gasteiger partial charge in [-0.15, -0.1) is 0 Å². The summed E-state index contributed by atoms with van der Waals surface area (Å²) < 4.78 is 5.03. The minimum absolute atomic E-state index is 0.0489. The van der Waals surface area contributed by atoms with Gasteiger partial charge in [0.2, 0.25) is 0 Å². The summed E-state index contributed by atoms with van der Waals surface area (Å²) >= 11 is 0. The highest BCUT2D eigenvalue weighted by Crippen LogP contribution is 2.20. The van der Waals surface area contributed by atoms with Crippen molar-refractivity contribution in [2.75, 3.05) is 6.61 Å². The van der Waals surface area contributed by atoms with Crippen LogP contribution in [0.15, 0.2) is 36.2 Å². The minimum Gasteiger partial charge on any atom is -0.486 e. The first-order valence-corrected chi connectivity index (χ1v) is 5.72. The Morgan fingerprint density at radius 2 is 2.17 bits per heavy atom. The molecule has 4 nitrogen and oxygen atoms in total. The van der Waals surface area contributed by atoms with Crippen LogP contribution in [0.2, 0.25) is 0 Å². The van der Waals surface area contributed by atoms with Crippen molar-refractivity contribution in [1.82, 2.24) is 4.98 Å². The molecule has 0 aliphatic heterocycles. The summed E-state index contributed by atoms with van der Waals surface area (Å²) in [7, 11) is 0. The first-order chi connectivity index (χ1) is 8.76. The lowest BCUT2D eigenvalue weighted by molar-refractivity contribution is 0.0967. The number of hydrogen-bond donors (Lipinski definition) is 1. The lowest BCUT2D eigenvalue weighted by atomic mass is 10.1. The fraction of sp³-hybridized carbons (Fsp3) is 0.214. The maximum atomic E-state index is 12.1. The Bertz CT molecular complexity index is 621. The molecule has 2 rings (SSSR count). The fourth-order valence-corrected chi connectivity index (χ4v) is 1.83. The Morgan fingerprint density at radius 3 is 2.89 bits per heavy atom. The summed E-state index contributed by atoms with van der Waals surface area (Å²) in [4.78, 5) is 25.7. The third-order valence-electron chi connectivity index (χ3n) is 2.64. The van der Waals surface area contributed by atoms with Crippen LogP contribution >= 0.6 is 0 Å². The number of Topliss-reactive ketones (excluding diaryl/α,β-unsaturated/α-hetero) is 1. The number of carbonyl (C=O) groups is 1. The second kappa shape index (κ2) is 5.34. The SMILES string of the molecule is CCOC(=C=O)CC(=O)c1c[nH]c2ccccc12. The van der Waals surface area contributed by atoms with Crippen molar-refractivity contribution in [3.8, 4) is 0 Å². The molecule has 0 spiro atoms. The van der Waals surface area contributed by atoms with Crippen LogP contribution in [0.3, 0.4) is 0 Å². The molecular weight excluding hydrogens is 230 g/mol. The van der Waals surface area contributed by atoms with E-state index >= 15 is 0 Å². The van der Waals surface area contributed by atoms with E-state index in [1.807, 2.05) is 24.3 Å². The van der Waals surface area contributed by atoms with Gasteiger partial charge in [0.1, 0.15) is 0 Å². The molecule has 0 bridgehead atoms. The number of ketones is 1. The van der Waals surface area contributed by atoms with Crippen LogP contribution in [0, 0.1) is 0 Å². The number of aromatic nitrogens is 1. The number of rotatable bonds is 5. The summed E-state index contributed by atoms with van der Waals surface area (Å²) in [6, 6.07) is 7.52. The van der Waals surface area contributed by atoms with Crippen LogP contribution in [0.4, 0.5) is 0 Å². The molecule has 0 unspecified atom stereocenters. The Morgan fingerprint density at radius 1 is 1.39 bits per heavy atom. The standard InChI is InChI=1S/C14H13NO3/c1-2-18-10(9-16)7-14(17)12-8-15-13-6-4-3-5-11(12)13/h3-6,8,15H,2,7H2,1H3. The van der Waals surface area contributed by atoms with Gasteiger partial charge in [-0.05, 0) is 13.0 Å². The molecule has 0 amide bonds. The van der Waals surface area contributed by atoms with Gasteiger partial charge in [0, 0.05) is 22.7 Å². The van der Waals surface area contributed by atoms with E-state index in [4.69, 9.17) is 4.74 Å². The molecule has 0 aliphatic carbocycles. The first-order valence-electron chi connectivity index (χ1n) is 5.72. The number of para-hydroxylation sites is 1. The molecule has 0 radical (unpaired) electrons. The number of carbonyl (C=O) groups excluding carboxylic acids is 2. The van der Waals surface area contributed by atoms with E-state index in [1.165, 1.54) is 0 Å². The van der Waals surface area contributed by atoms with E-state index < -0.39 is 0 Å². The number of nitrogens with one attached hydrogen (secondary N) is 1. The number of fused-ring (bicyclic) bond motifs is 1. The number of ether oxygens (including phenoxy) is 1. The van der Waals surface area contributed by atoms with Crippen LogP contribution < -0.4 is 0 Å². The Hall–Kier alpha value is -2.32. The van der Waals surface area contributed by atoms with Gasteiger partial charge < -0.3 is 9.72 Å². The van der Waals surface area contributed by atoms with Crippen molar-refractivity contribution in [1.29, 1.82) is 0 Å². The molecule has 1 aromatic carbocycles. The van der Waals surface area contributed by atoms with Crippen molar-refractivity contribution in [2.45, 2.75) is 13.3 Å². The largest absolute Gasteiger partial charge is 0.486 e. The molecule has 0 fully saturated rings. The predicted octanol–water partition coefficient (Wildman–Crippen LogP) is 2.49. The molecular formula is C14H13NO3. The Kier molecular flexibility index (Phi) is 3.60. The Labute approximate surface area is 104 Å². The number of benzene rings is 1. The van der Waals surface area contributed by atoms with Crippen molar-refractivity contribution >= 4 is 22.6 Å². The number of allylic oxidation sites excluding steroid dienone is 1. The Balaban J connectivity index is 2.26. The van der Waals surface area contributed by atoms with Gasteiger partial charge in [-0.1, -0.05) is 18.2 Å². The fourth-order valence-electron chi connectivity index (χ4n) is 1.83. The molecule has 0 saturated heterocycles. The molecule has 0 atom stereocenters. The summed E-state index contributed by atoms with van der Waals surface area (Å²) in [6.45, 7) is 2.11. The predicted molar refractivity (Wildman–Crippen MR) is 68.1 cm³/mol. The minimum atomic E-state index is -0.153. The maximum absolute atomic E-state index is 12.1. The third kappa shape index (κ3) is 2.34. The van der Waals surface area contributed by atoms with E-state index in [0.29, 0.717) is 12.2 Å². The van der Waals surface area contributed by atoms with Crippen LogP contribution in [0.25, 0.3) is 10.9 Å². The van der Waals surface area contributed by atoms with Crippen LogP contribution in [-0.4, -0.2) is 23.3 Å². The van der Waals surface area contributed by atoms with E-state index in [9.17, 15) is 9.59 Å². The maximum Gasteiger partial charge on any atom is 0.187 e. The van der Waals surface area contributed by atoms with E-state index in [0.717, 1.165) is 10.9 Å².